The lowest BCUT2D eigenvalue weighted by atomic mass is 10.1. The van der Waals surface area contributed by atoms with Crippen LogP contribution in [0.2, 0.25) is 0 Å². The fraction of sp³-hybridized carbons (Fsp3) is 0.238. The number of nitrogens with zero attached hydrogens (tertiary/aromatic N) is 3. The zero-order chi connectivity index (χ0) is 21.8. The van der Waals surface area contributed by atoms with Gasteiger partial charge in [-0.05, 0) is 42.8 Å². The van der Waals surface area contributed by atoms with Crippen molar-refractivity contribution in [3.63, 3.8) is 0 Å². The molecule has 156 valence electrons. The topological polar surface area (TPSA) is 99.6 Å². The fourth-order valence-electron chi connectivity index (χ4n) is 2.80. The van der Waals surface area contributed by atoms with Crippen LogP contribution in [0.5, 0.6) is 5.75 Å². The van der Waals surface area contributed by atoms with Gasteiger partial charge in [-0.3, -0.25) is 9.59 Å². The number of rotatable bonds is 7. The summed E-state index contributed by atoms with van der Waals surface area (Å²) in [7, 11) is 0. The number of nitrogens with two attached hydrogens (primary N) is 1. The lowest BCUT2D eigenvalue weighted by Gasteiger charge is -2.14. The minimum Gasteiger partial charge on any atom is -0.483 e. The Morgan fingerprint density at radius 1 is 1.27 bits per heavy atom. The Labute approximate surface area is 190 Å². The first kappa shape index (κ1) is 22.2. The first-order chi connectivity index (χ1) is 14.3. The van der Waals surface area contributed by atoms with Crippen molar-refractivity contribution in [2.45, 2.75) is 26.2 Å². The van der Waals surface area contributed by atoms with E-state index in [1.807, 2.05) is 26.0 Å². The second-order valence-electron chi connectivity index (χ2n) is 6.74. The summed E-state index contributed by atoms with van der Waals surface area (Å²) in [5.41, 5.74) is 6.12. The molecule has 0 saturated carbocycles. The number of halogens is 2. The molecule has 2 N–H and O–H groups in total. The molecule has 1 amide bonds. The highest BCUT2D eigenvalue weighted by molar-refractivity contribution is 9.10. The van der Waals surface area contributed by atoms with Gasteiger partial charge in [-0.1, -0.05) is 45.7 Å². The van der Waals surface area contributed by atoms with Crippen molar-refractivity contribution >= 4 is 54.9 Å². The van der Waals surface area contributed by atoms with Gasteiger partial charge in [-0.25, -0.2) is 4.98 Å². The summed E-state index contributed by atoms with van der Waals surface area (Å²) in [4.78, 5) is 29.0. The number of benzene rings is 2. The molecule has 0 aliphatic heterocycles. The van der Waals surface area contributed by atoms with E-state index in [2.05, 4.69) is 41.9 Å². The van der Waals surface area contributed by atoms with Crippen LogP contribution in [-0.2, 0) is 4.79 Å². The van der Waals surface area contributed by atoms with Gasteiger partial charge in [0, 0.05) is 20.4 Å². The van der Waals surface area contributed by atoms with Crippen LogP contribution in [-0.4, -0.2) is 28.4 Å². The Morgan fingerprint density at radius 2 is 1.97 bits per heavy atom. The van der Waals surface area contributed by atoms with E-state index in [0.29, 0.717) is 28.0 Å². The molecule has 30 heavy (non-hydrogen) atoms. The Balaban J connectivity index is 2.14. The van der Waals surface area contributed by atoms with E-state index in [1.54, 1.807) is 24.3 Å². The molecule has 0 bridgehead atoms. The predicted octanol–water partition coefficient (Wildman–Crippen LogP) is 4.18. The summed E-state index contributed by atoms with van der Waals surface area (Å²) in [6.45, 7) is 3.77. The highest BCUT2D eigenvalue weighted by atomic mass is 79.9. The monoisotopic (exact) mass is 534 g/mol. The molecule has 7 nitrogen and oxygen atoms in total. The summed E-state index contributed by atoms with van der Waals surface area (Å²) in [5, 5.41) is 4.90. The lowest BCUT2D eigenvalue weighted by molar-refractivity contribution is -0.119. The molecular formula is C21H20Br2N4O3. The normalized spacial score (nSPS) is 12.4. The van der Waals surface area contributed by atoms with Gasteiger partial charge >= 0.3 is 0 Å². The maximum Gasteiger partial charge on any atom is 0.282 e. The number of aromatic nitrogens is 2. The molecular weight excluding hydrogens is 516 g/mol. The van der Waals surface area contributed by atoms with Gasteiger partial charge in [0.1, 0.15) is 11.6 Å². The lowest BCUT2D eigenvalue weighted by Crippen LogP contribution is -2.24. The smallest absolute Gasteiger partial charge is 0.282 e. The molecule has 1 aromatic heterocycles. The first-order valence-electron chi connectivity index (χ1n) is 9.27. The molecule has 0 spiro atoms. The standard InChI is InChI=1S/C21H20Br2N4O3/c1-3-12(2)20-26-17-6-4-15(23)9-16(17)21(29)27(20)25-10-13-8-14(22)5-7-18(13)30-11-19(24)28/h4-10,12H,3,11H2,1-2H3,(H2,24,28)/t12-/m1/s1. The highest BCUT2D eigenvalue weighted by Crippen LogP contribution is 2.23. The van der Waals surface area contributed by atoms with Gasteiger partial charge < -0.3 is 10.5 Å². The van der Waals surface area contributed by atoms with Gasteiger partial charge in [0.05, 0.1) is 17.1 Å². The van der Waals surface area contributed by atoms with Gasteiger partial charge in [-0.2, -0.15) is 9.78 Å². The van der Waals surface area contributed by atoms with E-state index in [0.717, 1.165) is 15.4 Å². The van der Waals surface area contributed by atoms with Crippen LogP contribution in [0, 0.1) is 0 Å². The van der Waals surface area contributed by atoms with E-state index in [-0.39, 0.29) is 18.1 Å². The molecule has 0 aliphatic rings. The molecule has 3 rings (SSSR count). The van der Waals surface area contributed by atoms with Gasteiger partial charge in [0.25, 0.3) is 11.5 Å². The number of carbonyl (C=O) groups excluding carboxylic acids is 1. The Kier molecular flexibility index (Phi) is 7.04. The molecule has 0 aliphatic carbocycles. The zero-order valence-corrected chi connectivity index (χ0v) is 19.6. The molecule has 2 aromatic carbocycles. The molecule has 1 atom stereocenters. The second-order valence-corrected chi connectivity index (χ2v) is 8.57. The summed E-state index contributed by atoms with van der Waals surface area (Å²) in [6.07, 6.45) is 2.31. The van der Waals surface area contributed by atoms with Gasteiger partial charge in [0.2, 0.25) is 0 Å². The van der Waals surface area contributed by atoms with E-state index in [1.165, 1.54) is 10.9 Å². The second kappa shape index (κ2) is 9.53. The van der Waals surface area contributed by atoms with Crippen LogP contribution >= 0.6 is 31.9 Å². The van der Waals surface area contributed by atoms with Crippen LogP contribution in [0.3, 0.4) is 0 Å². The summed E-state index contributed by atoms with van der Waals surface area (Å²) in [6, 6.07) is 10.6. The predicted molar refractivity (Wildman–Crippen MR) is 124 cm³/mol. The molecule has 0 fully saturated rings. The zero-order valence-electron chi connectivity index (χ0n) is 16.4. The quantitative estimate of drug-likeness (QED) is 0.458. The number of carbonyl (C=O) groups is 1. The summed E-state index contributed by atoms with van der Waals surface area (Å²) in [5.74, 6) is 0.440. The number of primary amides is 1. The van der Waals surface area contributed by atoms with Crippen LogP contribution in [0.1, 0.15) is 37.6 Å². The summed E-state index contributed by atoms with van der Waals surface area (Å²) < 4.78 is 8.37. The number of amides is 1. The van der Waals surface area contributed by atoms with Crippen molar-refractivity contribution in [2.75, 3.05) is 6.61 Å². The van der Waals surface area contributed by atoms with E-state index in [9.17, 15) is 9.59 Å². The molecule has 3 aromatic rings. The van der Waals surface area contributed by atoms with Crippen molar-refractivity contribution in [1.82, 2.24) is 9.66 Å². The van der Waals surface area contributed by atoms with E-state index in [4.69, 9.17) is 10.5 Å². The molecule has 0 saturated heterocycles. The van der Waals surface area contributed by atoms with Crippen molar-refractivity contribution < 1.29 is 9.53 Å². The third kappa shape index (κ3) is 4.96. The largest absolute Gasteiger partial charge is 0.483 e. The molecule has 0 unspecified atom stereocenters. The van der Waals surface area contributed by atoms with Crippen molar-refractivity contribution in [1.29, 1.82) is 0 Å². The maximum absolute atomic E-state index is 13.2. The number of fused-ring (bicyclic) bond motifs is 1. The van der Waals surface area contributed by atoms with Crippen molar-refractivity contribution in [3.05, 3.63) is 67.1 Å². The Bertz CT molecular complexity index is 1190. The van der Waals surface area contributed by atoms with Crippen LogP contribution in [0.25, 0.3) is 10.9 Å². The van der Waals surface area contributed by atoms with Gasteiger partial charge in [0.15, 0.2) is 6.61 Å². The van der Waals surface area contributed by atoms with Crippen molar-refractivity contribution in [3.8, 4) is 5.75 Å². The maximum atomic E-state index is 13.2. The van der Waals surface area contributed by atoms with E-state index < -0.39 is 5.91 Å². The molecule has 1 heterocycles. The van der Waals surface area contributed by atoms with E-state index >= 15 is 0 Å². The average Bonchev–Trinajstić information content (AvgIpc) is 2.72. The van der Waals surface area contributed by atoms with Crippen LogP contribution in [0.15, 0.2) is 55.2 Å². The third-order valence-corrected chi connectivity index (χ3v) is 5.53. The first-order valence-corrected chi connectivity index (χ1v) is 10.9. The molecule has 0 radical (unpaired) electrons. The summed E-state index contributed by atoms with van der Waals surface area (Å²) >= 11 is 6.81. The molecule has 9 heteroatoms. The van der Waals surface area contributed by atoms with Crippen LogP contribution in [0.4, 0.5) is 0 Å². The minimum atomic E-state index is -0.583. The average molecular weight is 536 g/mol. The number of ether oxygens (including phenoxy) is 1. The Hall–Kier alpha value is -2.52. The fourth-order valence-corrected chi connectivity index (χ4v) is 3.54. The minimum absolute atomic E-state index is 0.0241. The highest BCUT2D eigenvalue weighted by Gasteiger charge is 2.16. The van der Waals surface area contributed by atoms with Crippen LogP contribution < -0.4 is 16.0 Å². The van der Waals surface area contributed by atoms with Crippen molar-refractivity contribution in [2.24, 2.45) is 10.8 Å². The van der Waals surface area contributed by atoms with Gasteiger partial charge in [-0.15, -0.1) is 0 Å². The SMILES string of the molecule is CC[C@@H](C)c1nc2ccc(Br)cc2c(=O)n1N=Cc1cc(Br)ccc1OCC(N)=O. The Morgan fingerprint density at radius 3 is 2.67 bits per heavy atom. The number of hydrogen-bond donors (Lipinski definition) is 1. The number of hydrogen-bond acceptors (Lipinski definition) is 5. The third-order valence-electron chi connectivity index (χ3n) is 4.54.